The average molecular weight is 219 g/mol. The second-order valence-corrected chi connectivity index (χ2v) is 3.62. The van der Waals surface area contributed by atoms with Gasteiger partial charge in [-0.15, -0.1) is 0 Å². The SMILES string of the molecule is CCN(CCCO)c1cc(C#N)cc(C)n1. The van der Waals surface area contributed by atoms with Crippen molar-refractivity contribution in [2.75, 3.05) is 24.6 Å². The molecule has 0 aliphatic carbocycles. The zero-order chi connectivity index (χ0) is 12.0. The molecule has 0 amide bonds. The van der Waals surface area contributed by atoms with Crippen LogP contribution in [-0.2, 0) is 0 Å². The van der Waals surface area contributed by atoms with Crippen molar-refractivity contribution in [2.45, 2.75) is 20.3 Å². The van der Waals surface area contributed by atoms with E-state index in [0.717, 1.165) is 24.6 Å². The molecule has 1 heterocycles. The van der Waals surface area contributed by atoms with Crippen LogP contribution in [0.4, 0.5) is 5.82 Å². The molecule has 0 saturated heterocycles. The third kappa shape index (κ3) is 3.21. The van der Waals surface area contributed by atoms with Crippen LogP contribution in [0.25, 0.3) is 0 Å². The first kappa shape index (κ1) is 12.5. The van der Waals surface area contributed by atoms with E-state index in [9.17, 15) is 0 Å². The first-order chi connectivity index (χ1) is 7.71. The van der Waals surface area contributed by atoms with Crippen LogP contribution in [0.3, 0.4) is 0 Å². The summed E-state index contributed by atoms with van der Waals surface area (Å²) in [5.74, 6) is 0.813. The van der Waals surface area contributed by atoms with Crippen molar-refractivity contribution in [3.63, 3.8) is 0 Å². The fourth-order valence-corrected chi connectivity index (χ4v) is 1.57. The van der Waals surface area contributed by atoms with E-state index < -0.39 is 0 Å². The van der Waals surface area contributed by atoms with Gasteiger partial charge in [0.25, 0.3) is 0 Å². The van der Waals surface area contributed by atoms with Crippen molar-refractivity contribution >= 4 is 5.82 Å². The maximum atomic E-state index is 8.88. The lowest BCUT2D eigenvalue weighted by Gasteiger charge is -2.21. The van der Waals surface area contributed by atoms with Crippen molar-refractivity contribution < 1.29 is 5.11 Å². The Bertz CT molecular complexity index is 384. The van der Waals surface area contributed by atoms with Gasteiger partial charge in [-0.2, -0.15) is 5.26 Å². The van der Waals surface area contributed by atoms with Gasteiger partial charge in [0.2, 0.25) is 0 Å². The Kier molecular flexibility index (Phi) is 4.74. The fraction of sp³-hybridized carbons (Fsp3) is 0.500. The van der Waals surface area contributed by atoms with Gasteiger partial charge in [-0.05, 0) is 32.4 Å². The fourth-order valence-electron chi connectivity index (χ4n) is 1.57. The maximum absolute atomic E-state index is 8.88. The number of aromatic nitrogens is 1. The minimum Gasteiger partial charge on any atom is -0.396 e. The zero-order valence-electron chi connectivity index (χ0n) is 9.77. The normalized spacial score (nSPS) is 9.88. The molecule has 4 heteroatoms. The van der Waals surface area contributed by atoms with Crippen molar-refractivity contribution in [3.05, 3.63) is 23.4 Å². The smallest absolute Gasteiger partial charge is 0.130 e. The molecule has 0 aliphatic heterocycles. The van der Waals surface area contributed by atoms with Gasteiger partial charge in [-0.1, -0.05) is 0 Å². The van der Waals surface area contributed by atoms with Crippen LogP contribution < -0.4 is 4.90 Å². The standard InChI is InChI=1S/C12H17N3O/c1-3-15(5-4-6-16)12-8-11(9-13)7-10(2)14-12/h7-8,16H,3-6H2,1-2H3. The Morgan fingerprint density at radius 1 is 1.50 bits per heavy atom. The lowest BCUT2D eigenvalue weighted by atomic mass is 10.2. The Labute approximate surface area is 96.2 Å². The third-order valence-corrected chi connectivity index (χ3v) is 2.36. The molecule has 0 saturated carbocycles. The molecule has 0 fully saturated rings. The Morgan fingerprint density at radius 2 is 2.25 bits per heavy atom. The molecule has 1 N–H and O–H groups in total. The zero-order valence-corrected chi connectivity index (χ0v) is 9.77. The lowest BCUT2D eigenvalue weighted by molar-refractivity contribution is 0.289. The molecule has 0 bridgehead atoms. The number of aliphatic hydroxyl groups is 1. The predicted molar refractivity (Wildman–Crippen MR) is 63.3 cm³/mol. The summed E-state index contributed by atoms with van der Waals surface area (Å²) >= 11 is 0. The van der Waals surface area contributed by atoms with Gasteiger partial charge in [-0.25, -0.2) is 4.98 Å². The number of pyridine rings is 1. The van der Waals surface area contributed by atoms with E-state index in [2.05, 4.69) is 16.0 Å². The Hall–Kier alpha value is -1.60. The van der Waals surface area contributed by atoms with Crippen LogP contribution in [0, 0.1) is 18.3 Å². The number of nitrogens with zero attached hydrogens (tertiary/aromatic N) is 3. The summed E-state index contributed by atoms with van der Waals surface area (Å²) in [7, 11) is 0. The molecule has 86 valence electrons. The van der Waals surface area contributed by atoms with Gasteiger partial charge in [-0.3, -0.25) is 0 Å². The number of aryl methyl sites for hydroxylation is 1. The maximum Gasteiger partial charge on any atom is 0.130 e. The molecule has 16 heavy (non-hydrogen) atoms. The molecule has 1 rings (SSSR count). The van der Waals surface area contributed by atoms with E-state index in [4.69, 9.17) is 10.4 Å². The number of rotatable bonds is 5. The molecule has 1 aromatic heterocycles. The predicted octanol–water partition coefficient (Wildman–Crippen LogP) is 1.47. The van der Waals surface area contributed by atoms with E-state index in [1.165, 1.54) is 0 Å². The molecule has 0 atom stereocenters. The third-order valence-electron chi connectivity index (χ3n) is 2.36. The summed E-state index contributed by atoms with van der Waals surface area (Å²) in [5.41, 5.74) is 1.47. The van der Waals surface area contributed by atoms with Gasteiger partial charge in [0, 0.05) is 25.4 Å². The van der Waals surface area contributed by atoms with Crippen LogP contribution in [0.2, 0.25) is 0 Å². The molecule has 0 aliphatic rings. The molecule has 4 nitrogen and oxygen atoms in total. The molecule has 1 aromatic rings. The van der Waals surface area contributed by atoms with Crippen LogP contribution in [0.1, 0.15) is 24.6 Å². The summed E-state index contributed by atoms with van der Waals surface area (Å²) in [4.78, 5) is 6.46. The molecule has 0 unspecified atom stereocenters. The van der Waals surface area contributed by atoms with Crippen molar-refractivity contribution in [1.29, 1.82) is 5.26 Å². The van der Waals surface area contributed by atoms with E-state index in [1.807, 2.05) is 13.8 Å². The summed E-state index contributed by atoms with van der Waals surface area (Å²) in [5, 5.41) is 17.7. The Morgan fingerprint density at radius 3 is 2.81 bits per heavy atom. The first-order valence-electron chi connectivity index (χ1n) is 5.45. The van der Waals surface area contributed by atoms with Gasteiger partial charge < -0.3 is 10.0 Å². The largest absolute Gasteiger partial charge is 0.396 e. The minimum atomic E-state index is 0.174. The second-order valence-electron chi connectivity index (χ2n) is 3.62. The molecular formula is C12H17N3O. The summed E-state index contributed by atoms with van der Waals surface area (Å²) in [6, 6.07) is 5.68. The van der Waals surface area contributed by atoms with Crippen LogP contribution in [-0.4, -0.2) is 29.8 Å². The number of nitriles is 1. The number of aliphatic hydroxyl groups excluding tert-OH is 1. The quantitative estimate of drug-likeness (QED) is 0.814. The first-order valence-corrected chi connectivity index (χ1v) is 5.45. The molecular weight excluding hydrogens is 202 g/mol. The van der Waals surface area contributed by atoms with E-state index >= 15 is 0 Å². The van der Waals surface area contributed by atoms with Gasteiger partial charge in [0.15, 0.2) is 0 Å². The lowest BCUT2D eigenvalue weighted by Crippen LogP contribution is -2.25. The number of hydrogen-bond donors (Lipinski definition) is 1. The van der Waals surface area contributed by atoms with Gasteiger partial charge in [0.05, 0.1) is 11.6 Å². The highest BCUT2D eigenvalue weighted by Gasteiger charge is 2.07. The average Bonchev–Trinajstić information content (AvgIpc) is 2.29. The summed E-state index contributed by atoms with van der Waals surface area (Å²) in [6.45, 7) is 5.67. The number of anilines is 1. The molecule has 0 aromatic carbocycles. The van der Waals surface area contributed by atoms with Gasteiger partial charge >= 0.3 is 0 Å². The highest BCUT2D eigenvalue weighted by Crippen LogP contribution is 2.14. The minimum absolute atomic E-state index is 0.174. The highest BCUT2D eigenvalue weighted by atomic mass is 16.3. The van der Waals surface area contributed by atoms with Crippen molar-refractivity contribution in [1.82, 2.24) is 4.98 Å². The van der Waals surface area contributed by atoms with Crippen LogP contribution in [0.5, 0.6) is 0 Å². The van der Waals surface area contributed by atoms with Crippen LogP contribution in [0.15, 0.2) is 12.1 Å². The Balaban J connectivity index is 2.91. The van der Waals surface area contributed by atoms with Crippen molar-refractivity contribution in [3.8, 4) is 6.07 Å². The van der Waals surface area contributed by atoms with E-state index in [-0.39, 0.29) is 6.61 Å². The van der Waals surface area contributed by atoms with Gasteiger partial charge in [0.1, 0.15) is 5.82 Å². The highest BCUT2D eigenvalue weighted by molar-refractivity contribution is 5.46. The summed E-state index contributed by atoms with van der Waals surface area (Å²) < 4.78 is 0. The van der Waals surface area contributed by atoms with Crippen molar-refractivity contribution in [2.24, 2.45) is 0 Å². The molecule has 0 radical (unpaired) electrons. The topological polar surface area (TPSA) is 60.1 Å². The van der Waals surface area contributed by atoms with E-state index in [0.29, 0.717) is 12.0 Å². The number of hydrogen-bond acceptors (Lipinski definition) is 4. The molecule has 0 spiro atoms. The summed E-state index contributed by atoms with van der Waals surface area (Å²) in [6.07, 6.45) is 0.714. The monoisotopic (exact) mass is 219 g/mol. The van der Waals surface area contributed by atoms with E-state index in [1.54, 1.807) is 12.1 Å². The second kappa shape index (κ2) is 6.09. The van der Waals surface area contributed by atoms with Crippen LogP contribution >= 0.6 is 0 Å².